The molecule has 0 amide bonds. The van der Waals surface area contributed by atoms with Crippen LogP contribution in [0.5, 0.6) is 5.75 Å². The van der Waals surface area contributed by atoms with Gasteiger partial charge >= 0.3 is 11.9 Å². The van der Waals surface area contributed by atoms with Gasteiger partial charge in [-0.2, -0.15) is 13.2 Å². The second-order valence-electron chi connectivity index (χ2n) is 3.64. The second kappa shape index (κ2) is 6.37. The summed E-state index contributed by atoms with van der Waals surface area (Å²) in [4.78, 5) is 9.84. The zero-order chi connectivity index (χ0) is 14.5. The summed E-state index contributed by atoms with van der Waals surface area (Å²) < 4.78 is 42.4. The van der Waals surface area contributed by atoms with Crippen molar-refractivity contribution in [3.8, 4) is 5.75 Å². The molecule has 0 aliphatic carbocycles. The molecule has 1 N–H and O–H groups in total. The fraction of sp³-hybridized carbons (Fsp3) is 0.455. The van der Waals surface area contributed by atoms with E-state index in [4.69, 9.17) is 4.74 Å². The zero-order valence-electron chi connectivity index (χ0n) is 10.2. The number of benzene rings is 1. The van der Waals surface area contributed by atoms with Crippen molar-refractivity contribution in [1.82, 2.24) is 5.32 Å². The summed E-state index contributed by atoms with van der Waals surface area (Å²) in [7, 11) is 0. The Morgan fingerprint density at radius 3 is 2.63 bits per heavy atom. The van der Waals surface area contributed by atoms with E-state index in [0.717, 1.165) is 12.1 Å². The van der Waals surface area contributed by atoms with E-state index in [9.17, 15) is 23.3 Å². The predicted molar refractivity (Wildman–Crippen MR) is 62.1 cm³/mol. The van der Waals surface area contributed by atoms with Crippen LogP contribution in [-0.4, -0.2) is 24.6 Å². The van der Waals surface area contributed by atoms with E-state index < -0.39 is 22.4 Å². The third-order valence-corrected chi connectivity index (χ3v) is 2.27. The Kier molecular flexibility index (Phi) is 5.11. The van der Waals surface area contributed by atoms with Gasteiger partial charge in [0.05, 0.1) is 10.5 Å². The van der Waals surface area contributed by atoms with E-state index in [0.29, 0.717) is 19.2 Å². The van der Waals surface area contributed by atoms with Crippen LogP contribution < -0.4 is 10.1 Å². The van der Waals surface area contributed by atoms with Crippen molar-refractivity contribution in [2.75, 3.05) is 19.7 Å². The minimum Gasteiger partial charge on any atom is -0.485 e. The molecule has 1 aromatic carbocycles. The van der Waals surface area contributed by atoms with Gasteiger partial charge in [0.2, 0.25) is 0 Å². The lowest BCUT2D eigenvalue weighted by Crippen LogP contribution is -2.20. The summed E-state index contributed by atoms with van der Waals surface area (Å²) in [5, 5.41) is 13.7. The molecule has 0 radical (unpaired) electrons. The third kappa shape index (κ3) is 4.40. The van der Waals surface area contributed by atoms with Gasteiger partial charge in [0.25, 0.3) is 0 Å². The van der Waals surface area contributed by atoms with E-state index in [2.05, 4.69) is 5.32 Å². The van der Waals surface area contributed by atoms with Crippen LogP contribution >= 0.6 is 0 Å². The van der Waals surface area contributed by atoms with E-state index >= 15 is 0 Å². The molecule has 0 fully saturated rings. The first-order chi connectivity index (χ1) is 8.86. The average molecular weight is 278 g/mol. The van der Waals surface area contributed by atoms with Gasteiger partial charge in [-0.15, -0.1) is 0 Å². The molecule has 0 saturated heterocycles. The Morgan fingerprint density at radius 2 is 2.11 bits per heavy atom. The van der Waals surface area contributed by atoms with Crippen molar-refractivity contribution < 1.29 is 22.8 Å². The summed E-state index contributed by atoms with van der Waals surface area (Å²) >= 11 is 0. The molecule has 0 unspecified atom stereocenters. The SMILES string of the molecule is CCNCCOc1ccc(C(F)(F)F)cc1[N+](=O)[O-]. The van der Waals surface area contributed by atoms with Crippen LogP contribution in [0.3, 0.4) is 0 Å². The molecule has 106 valence electrons. The molecule has 0 aromatic heterocycles. The number of hydrogen-bond acceptors (Lipinski definition) is 4. The standard InChI is InChI=1S/C11H13F3N2O3/c1-2-15-5-6-19-10-4-3-8(11(12,13)14)7-9(10)16(17)18/h3-4,7,15H,2,5-6H2,1H3. The summed E-state index contributed by atoms with van der Waals surface area (Å²) in [6.07, 6.45) is -4.62. The van der Waals surface area contributed by atoms with Gasteiger partial charge in [-0.3, -0.25) is 10.1 Å². The fourth-order valence-electron chi connectivity index (χ4n) is 1.37. The lowest BCUT2D eigenvalue weighted by Gasteiger charge is -2.10. The highest BCUT2D eigenvalue weighted by Gasteiger charge is 2.33. The first kappa shape index (κ1) is 15.2. The Hall–Kier alpha value is -1.83. The van der Waals surface area contributed by atoms with Gasteiger partial charge in [-0.25, -0.2) is 0 Å². The lowest BCUT2D eigenvalue weighted by atomic mass is 10.2. The Morgan fingerprint density at radius 1 is 1.42 bits per heavy atom. The molecular formula is C11H13F3N2O3. The minimum atomic E-state index is -4.62. The van der Waals surface area contributed by atoms with E-state index in [1.54, 1.807) is 0 Å². The second-order valence-corrected chi connectivity index (χ2v) is 3.64. The first-order valence-electron chi connectivity index (χ1n) is 5.55. The van der Waals surface area contributed by atoms with E-state index in [1.165, 1.54) is 0 Å². The van der Waals surface area contributed by atoms with Crippen molar-refractivity contribution >= 4 is 5.69 Å². The first-order valence-corrected chi connectivity index (χ1v) is 5.55. The van der Waals surface area contributed by atoms with Crippen molar-refractivity contribution in [2.24, 2.45) is 0 Å². The Balaban J connectivity index is 2.90. The highest BCUT2D eigenvalue weighted by Crippen LogP contribution is 2.35. The molecule has 1 rings (SSSR count). The molecule has 0 aliphatic heterocycles. The monoisotopic (exact) mass is 278 g/mol. The van der Waals surface area contributed by atoms with Gasteiger partial charge in [-0.05, 0) is 18.7 Å². The predicted octanol–water partition coefficient (Wildman–Crippen LogP) is 2.60. The smallest absolute Gasteiger partial charge is 0.416 e. The van der Waals surface area contributed by atoms with Gasteiger partial charge in [0.1, 0.15) is 6.61 Å². The number of rotatable bonds is 6. The number of ether oxygens (including phenoxy) is 1. The van der Waals surface area contributed by atoms with Crippen molar-refractivity contribution in [1.29, 1.82) is 0 Å². The molecule has 0 spiro atoms. The third-order valence-electron chi connectivity index (χ3n) is 2.27. The molecule has 0 aliphatic rings. The minimum absolute atomic E-state index is 0.139. The highest BCUT2D eigenvalue weighted by atomic mass is 19.4. The number of hydrogen-bond donors (Lipinski definition) is 1. The number of nitro benzene ring substituents is 1. The molecule has 8 heteroatoms. The Bertz CT molecular complexity index is 449. The average Bonchev–Trinajstić information content (AvgIpc) is 2.33. The van der Waals surface area contributed by atoms with Crippen molar-refractivity contribution in [3.63, 3.8) is 0 Å². The maximum Gasteiger partial charge on any atom is 0.416 e. The number of halogens is 3. The van der Waals surface area contributed by atoms with Gasteiger partial charge in [-0.1, -0.05) is 6.92 Å². The largest absolute Gasteiger partial charge is 0.485 e. The van der Waals surface area contributed by atoms with Gasteiger partial charge in [0.15, 0.2) is 5.75 Å². The fourth-order valence-corrected chi connectivity index (χ4v) is 1.37. The number of alkyl halides is 3. The molecule has 0 heterocycles. The maximum absolute atomic E-state index is 12.4. The van der Waals surface area contributed by atoms with Crippen LogP contribution in [-0.2, 0) is 6.18 Å². The van der Waals surface area contributed by atoms with Gasteiger partial charge in [0, 0.05) is 12.6 Å². The summed E-state index contributed by atoms with van der Waals surface area (Å²) in [5.74, 6) is -0.170. The lowest BCUT2D eigenvalue weighted by molar-refractivity contribution is -0.386. The van der Waals surface area contributed by atoms with Crippen LogP contribution in [0.2, 0.25) is 0 Å². The van der Waals surface area contributed by atoms with E-state index in [-0.39, 0.29) is 12.4 Å². The van der Waals surface area contributed by atoms with Crippen LogP contribution in [0.15, 0.2) is 18.2 Å². The highest BCUT2D eigenvalue weighted by molar-refractivity contribution is 5.49. The molecule has 19 heavy (non-hydrogen) atoms. The van der Waals surface area contributed by atoms with Crippen LogP contribution in [0.25, 0.3) is 0 Å². The maximum atomic E-state index is 12.4. The zero-order valence-corrected chi connectivity index (χ0v) is 10.2. The molecule has 1 aromatic rings. The molecule has 0 saturated carbocycles. The topological polar surface area (TPSA) is 64.4 Å². The van der Waals surface area contributed by atoms with Crippen molar-refractivity contribution in [3.05, 3.63) is 33.9 Å². The number of likely N-dealkylation sites (N-methyl/N-ethyl adjacent to an activating group) is 1. The molecule has 0 atom stereocenters. The number of nitrogens with zero attached hydrogens (tertiary/aromatic N) is 1. The van der Waals surface area contributed by atoms with Crippen LogP contribution in [0, 0.1) is 10.1 Å². The summed E-state index contributed by atoms with van der Waals surface area (Å²) in [6.45, 7) is 3.17. The molecular weight excluding hydrogens is 265 g/mol. The molecule has 5 nitrogen and oxygen atoms in total. The molecule has 0 bridgehead atoms. The summed E-state index contributed by atoms with van der Waals surface area (Å²) in [5.41, 5.74) is -1.76. The summed E-state index contributed by atoms with van der Waals surface area (Å²) in [6, 6.07) is 2.20. The number of nitrogens with one attached hydrogen (secondary N) is 1. The number of nitro groups is 1. The van der Waals surface area contributed by atoms with E-state index in [1.807, 2.05) is 6.92 Å². The van der Waals surface area contributed by atoms with Crippen LogP contribution in [0.1, 0.15) is 12.5 Å². The van der Waals surface area contributed by atoms with Crippen LogP contribution in [0.4, 0.5) is 18.9 Å². The normalized spacial score (nSPS) is 11.4. The quantitative estimate of drug-likeness (QED) is 0.493. The Labute approximate surface area is 107 Å². The van der Waals surface area contributed by atoms with Gasteiger partial charge < -0.3 is 10.1 Å². The van der Waals surface area contributed by atoms with Crippen molar-refractivity contribution in [2.45, 2.75) is 13.1 Å².